The molecule has 1 aliphatic rings. The molecule has 0 bridgehead atoms. The summed E-state index contributed by atoms with van der Waals surface area (Å²) in [5.41, 5.74) is 5.03. The first-order valence-corrected chi connectivity index (χ1v) is 4.02. The lowest BCUT2D eigenvalue weighted by Crippen LogP contribution is -2.47. The molecule has 2 N–H and O–H groups in total. The van der Waals surface area contributed by atoms with E-state index < -0.39 is 5.54 Å². The number of halogens is 2. The third kappa shape index (κ3) is 2.62. The van der Waals surface area contributed by atoms with Crippen LogP contribution >= 0.6 is 24.0 Å². The number of nitrogens with two attached hydrogens (primary N) is 1. The number of carbonyl (C=O) groups is 1. The summed E-state index contributed by atoms with van der Waals surface area (Å²) in [7, 11) is 0. The quantitative estimate of drug-likeness (QED) is 0.653. The van der Waals surface area contributed by atoms with E-state index in [9.17, 15) is 4.79 Å². The fourth-order valence-electron chi connectivity index (χ4n) is 1.38. The molecule has 11 heavy (non-hydrogen) atoms. The van der Waals surface area contributed by atoms with E-state index >= 15 is 0 Å². The van der Waals surface area contributed by atoms with Crippen LogP contribution < -0.4 is 5.73 Å². The van der Waals surface area contributed by atoms with Crippen LogP contribution in [-0.4, -0.2) is 10.8 Å². The standard InChI is InChI=1S/C7H12ClNO.ClH/c8-6(10)7(9)4-2-1-3-5-7;/h1-5,9H2;1H. The SMILES string of the molecule is Cl.NC1(C(=O)Cl)CCCCC1. The van der Waals surface area contributed by atoms with Crippen molar-refractivity contribution >= 4 is 29.3 Å². The van der Waals surface area contributed by atoms with Crippen LogP contribution in [0.15, 0.2) is 0 Å². The Hall–Kier alpha value is 0.210. The minimum absolute atomic E-state index is 0. The van der Waals surface area contributed by atoms with Crippen LogP contribution in [-0.2, 0) is 4.79 Å². The fraction of sp³-hybridized carbons (Fsp3) is 0.857. The van der Waals surface area contributed by atoms with Crippen LogP contribution in [0.2, 0.25) is 0 Å². The highest BCUT2D eigenvalue weighted by Crippen LogP contribution is 2.27. The van der Waals surface area contributed by atoms with Crippen molar-refractivity contribution in [2.45, 2.75) is 37.6 Å². The molecule has 66 valence electrons. The number of rotatable bonds is 1. The van der Waals surface area contributed by atoms with Crippen molar-refractivity contribution in [2.75, 3.05) is 0 Å². The van der Waals surface area contributed by atoms with Crippen LogP contribution in [0.4, 0.5) is 0 Å². The summed E-state index contributed by atoms with van der Waals surface area (Å²) in [5.74, 6) is 0. The van der Waals surface area contributed by atoms with E-state index in [1.807, 2.05) is 0 Å². The Morgan fingerprint density at radius 2 is 1.73 bits per heavy atom. The van der Waals surface area contributed by atoms with Gasteiger partial charge in [0.15, 0.2) is 0 Å². The molecule has 0 spiro atoms. The lowest BCUT2D eigenvalue weighted by molar-refractivity contribution is -0.117. The van der Waals surface area contributed by atoms with Gasteiger partial charge in [-0.15, -0.1) is 12.4 Å². The van der Waals surface area contributed by atoms with Crippen molar-refractivity contribution in [3.05, 3.63) is 0 Å². The van der Waals surface area contributed by atoms with Gasteiger partial charge >= 0.3 is 0 Å². The Morgan fingerprint density at radius 1 is 1.27 bits per heavy atom. The predicted molar refractivity (Wildman–Crippen MR) is 48.1 cm³/mol. The molecule has 1 saturated carbocycles. The van der Waals surface area contributed by atoms with Gasteiger partial charge in [0.2, 0.25) is 5.24 Å². The molecular weight excluding hydrogens is 185 g/mol. The Morgan fingerprint density at radius 3 is 2.00 bits per heavy atom. The Balaban J connectivity index is 0.000001000. The van der Waals surface area contributed by atoms with Gasteiger partial charge < -0.3 is 5.73 Å². The van der Waals surface area contributed by atoms with Crippen molar-refractivity contribution in [1.82, 2.24) is 0 Å². The predicted octanol–water partition coefficient (Wildman–Crippen LogP) is 1.84. The maximum atomic E-state index is 10.8. The van der Waals surface area contributed by atoms with Gasteiger partial charge in [0, 0.05) is 0 Å². The molecule has 0 radical (unpaired) electrons. The van der Waals surface area contributed by atoms with Crippen molar-refractivity contribution < 1.29 is 4.79 Å². The summed E-state index contributed by atoms with van der Waals surface area (Å²) in [6.45, 7) is 0. The van der Waals surface area contributed by atoms with Gasteiger partial charge in [-0.3, -0.25) is 4.79 Å². The van der Waals surface area contributed by atoms with Crippen LogP contribution in [0, 0.1) is 0 Å². The summed E-state index contributed by atoms with van der Waals surface area (Å²) >= 11 is 5.33. The second-order valence-electron chi connectivity index (χ2n) is 2.99. The van der Waals surface area contributed by atoms with Crippen molar-refractivity contribution in [1.29, 1.82) is 0 Å². The van der Waals surface area contributed by atoms with E-state index in [-0.39, 0.29) is 17.6 Å². The zero-order chi connectivity index (χ0) is 7.61. The maximum Gasteiger partial charge on any atom is 0.241 e. The molecule has 0 unspecified atom stereocenters. The molecule has 0 atom stereocenters. The van der Waals surface area contributed by atoms with Gasteiger partial charge in [0.25, 0.3) is 0 Å². The minimum atomic E-state index is -0.695. The molecule has 0 aromatic carbocycles. The zero-order valence-corrected chi connectivity index (χ0v) is 7.88. The van der Waals surface area contributed by atoms with E-state index in [1.54, 1.807) is 0 Å². The van der Waals surface area contributed by atoms with Crippen LogP contribution in [0.5, 0.6) is 0 Å². The summed E-state index contributed by atoms with van der Waals surface area (Å²) in [6, 6.07) is 0. The topological polar surface area (TPSA) is 43.1 Å². The summed E-state index contributed by atoms with van der Waals surface area (Å²) < 4.78 is 0. The molecule has 1 aliphatic carbocycles. The summed E-state index contributed by atoms with van der Waals surface area (Å²) in [5, 5.41) is -0.368. The normalized spacial score (nSPS) is 22.0. The second-order valence-corrected chi connectivity index (χ2v) is 3.33. The molecule has 4 heteroatoms. The van der Waals surface area contributed by atoms with Crippen LogP contribution in [0.25, 0.3) is 0 Å². The van der Waals surface area contributed by atoms with E-state index in [4.69, 9.17) is 17.3 Å². The molecule has 1 fully saturated rings. The fourth-order valence-corrected chi connectivity index (χ4v) is 1.57. The van der Waals surface area contributed by atoms with Crippen molar-refractivity contribution in [2.24, 2.45) is 5.73 Å². The molecule has 0 saturated heterocycles. The second kappa shape index (κ2) is 4.29. The molecule has 2 nitrogen and oxygen atoms in total. The van der Waals surface area contributed by atoms with Crippen LogP contribution in [0.3, 0.4) is 0 Å². The highest BCUT2D eigenvalue weighted by Gasteiger charge is 2.33. The first kappa shape index (κ1) is 11.2. The van der Waals surface area contributed by atoms with Crippen molar-refractivity contribution in [3.63, 3.8) is 0 Å². The zero-order valence-electron chi connectivity index (χ0n) is 6.31. The lowest BCUT2D eigenvalue weighted by atomic mass is 9.84. The smallest absolute Gasteiger partial charge is 0.241 e. The summed E-state index contributed by atoms with van der Waals surface area (Å²) in [6.07, 6.45) is 4.78. The van der Waals surface area contributed by atoms with Gasteiger partial charge in [0.05, 0.1) is 5.54 Å². The van der Waals surface area contributed by atoms with E-state index in [0.29, 0.717) is 0 Å². The molecule has 1 rings (SSSR count). The Bertz CT molecular complexity index is 143. The molecular formula is C7H13Cl2NO. The van der Waals surface area contributed by atoms with Gasteiger partial charge in [-0.25, -0.2) is 0 Å². The third-order valence-corrected chi connectivity index (χ3v) is 2.51. The highest BCUT2D eigenvalue weighted by molar-refractivity contribution is 6.65. The Labute approximate surface area is 77.9 Å². The minimum Gasteiger partial charge on any atom is -0.318 e. The number of hydrogen-bond acceptors (Lipinski definition) is 2. The highest BCUT2D eigenvalue weighted by atomic mass is 35.5. The molecule has 0 aromatic rings. The first-order valence-electron chi connectivity index (χ1n) is 3.64. The molecule has 0 heterocycles. The molecule has 0 amide bonds. The maximum absolute atomic E-state index is 10.8. The van der Waals surface area contributed by atoms with E-state index in [0.717, 1.165) is 25.7 Å². The van der Waals surface area contributed by atoms with Gasteiger partial charge in [0.1, 0.15) is 0 Å². The average molecular weight is 198 g/mol. The van der Waals surface area contributed by atoms with Crippen molar-refractivity contribution in [3.8, 4) is 0 Å². The lowest BCUT2D eigenvalue weighted by Gasteiger charge is -2.28. The summed E-state index contributed by atoms with van der Waals surface area (Å²) in [4.78, 5) is 10.8. The molecule has 0 aliphatic heterocycles. The first-order chi connectivity index (χ1) is 4.65. The monoisotopic (exact) mass is 197 g/mol. The van der Waals surface area contributed by atoms with Gasteiger partial charge in [-0.05, 0) is 24.4 Å². The van der Waals surface area contributed by atoms with E-state index in [2.05, 4.69) is 0 Å². The van der Waals surface area contributed by atoms with Gasteiger partial charge in [-0.2, -0.15) is 0 Å². The van der Waals surface area contributed by atoms with Crippen LogP contribution in [0.1, 0.15) is 32.1 Å². The number of hydrogen-bond donors (Lipinski definition) is 1. The largest absolute Gasteiger partial charge is 0.318 e. The average Bonchev–Trinajstić information content (AvgIpc) is 1.89. The molecule has 0 aromatic heterocycles. The van der Waals surface area contributed by atoms with Gasteiger partial charge in [-0.1, -0.05) is 19.3 Å². The van der Waals surface area contributed by atoms with E-state index in [1.165, 1.54) is 6.42 Å². The number of carbonyl (C=O) groups excluding carboxylic acids is 1. The third-order valence-electron chi connectivity index (χ3n) is 2.14. The Kier molecular flexibility index (Phi) is 4.37.